The van der Waals surface area contributed by atoms with Crippen molar-refractivity contribution >= 4 is 16.6 Å². The Morgan fingerprint density at radius 2 is 1.42 bits per heavy atom. The van der Waals surface area contributed by atoms with Gasteiger partial charge in [-0.25, -0.2) is 0 Å². The van der Waals surface area contributed by atoms with Gasteiger partial charge in [0.1, 0.15) is 0 Å². The fourth-order valence-electron chi connectivity index (χ4n) is 2.54. The van der Waals surface area contributed by atoms with Crippen molar-refractivity contribution in [3.05, 3.63) is 53.7 Å². The molecule has 0 amide bonds. The molecule has 3 N–H and O–H groups in total. The highest BCUT2D eigenvalue weighted by Gasteiger charge is 2.34. The molecule has 1 heterocycles. The third-order valence-electron chi connectivity index (χ3n) is 3.66. The second-order valence-corrected chi connectivity index (χ2v) is 5.26. The molecule has 0 aliphatic heterocycles. The number of aromatic nitrogens is 1. The molecule has 126 valence electrons. The highest BCUT2D eigenvalue weighted by atomic mass is 19.4. The Morgan fingerprint density at radius 3 is 1.96 bits per heavy atom. The third-order valence-corrected chi connectivity index (χ3v) is 3.66. The molecular formula is C16H10F6N2. The van der Waals surface area contributed by atoms with Gasteiger partial charge in [0.15, 0.2) is 0 Å². The maximum absolute atomic E-state index is 13.3. The monoisotopic (exact) mass is 344 g/mol. The van der Waals surface area contributed by atoms with Crippen LogP contribution in [0, 0.1) is 0 Å². The summed E-state index contributed by atoms with van der Waals surface area (Å²) >= 11 is 0. The molecule has 0 bridgehead atoms. The van der Waals surface area contributed by atoms with E-state index in [1.54, 1.807) is 0 Å². The smallest absolute Gasteiger partial charge is 0.397 e. The van der Waals surface area contributed by atoms with Crippen molar-refractivity contribution < 1.29 is 26.3 Å². The van der Waals surface area contributed by atoms with E-state index in [4.69, 9.17) is 5.73 Å². The van der Waals surface area contributed by atoms with E-state index in [2.05, 4.69) is 4.98 Å². The van der Waals surface area contributed by atoms with Crippen molar-refractivity contribution in [2.45, 2.75) is 12.4 Å². The summed E-state index contributed by atoms with van der Waals surface area (Å²) in [5.74, 6) is 0. The van der Waals surface area contributed by atoms with Gasteiger partial charge >= 0.3 is 12.4 Å². The van der Waals surface area contributed by atoms with Crippen LogP contribution < -0.4 is 5.73 Å². The number of rotatable bonds is 1. The fraction of sp³-hybridized carbons (Fsp3) is 0.125. The van der Waals surface area contributed by atoms with Crippen LogP contribution in [0.2, 0.25) is 0 Å². The van der Waals surface area contributed by atoms with E-state index in [0.29, 0.717) is 0 Å². The molecule has 0 radical (unpaired) electrons. The maximum Gasteiger partial charge on any atom is 0.417 e. The summed E-state index contributed by atoms with van der Waals surface area (Å²) in [5, 5.41) is -0.154. The van der Waals surface area contributed by atoms with E-state index in [1.807, 2.05) is 0 Å². The molecule has 24 heavy (non-hydrogen) atoms. The molecular weight excluding hydrogens is 334 g/mol. The van der Waals surface area contributed by atoms with Crippen molar-refractivity contribution in [3.8, 4) is 11.1 Å². The fourth-order valence-corrected chi connectivity index (χ4v) is 2.54. The second-order valence-electron chi connectivity index (χ2n) is 5.26. The number of nitrogens with two attached hydrogens (primary N) is 1. The van der Waals surface area contributed by atoms with Crippen molar-refractivity contribution in [2.24, 2.45) is 0 Å². The molecule has 2 aromatic carbocycles. The number of halogens is 6. The van der Waals surface area contributed by atoms with Crippen LogP contribution in [0.3, 0.4) is 0 Å². The SMILES string of the molecule is Nc1c[nH]c2cc(-c3ccc(C(F)(F)F)cc3)cc(C(F)(F)F)c12. The zero-order chi connectivity index (χ0) is 17.7. The van der Waals surface area contributed by atoms with E-state index >= 15 is 0 Å². The number of anilines is 1. The molecule has 0 aliphatic rings. The van der Waals surface area contributed by atoms with Crippen LogP contribution in [0.5, 0.6) is 0 Å². The Labute approximate surface area is 131 Å². The van der Waals surface area contributed by atoms with Crippen LogP contribution in [-0.2, 0) is 12.4 Å². The lowest BCUT2D eigenvalue weighted by Gasteiger charge is -2.12. The molecule has 1 aromatic heterocycles. The Morgan fingerprint density at radius 1 is 0.792 bits per heavy atom. The highest BCUT2D eigenvalue weighted by molar-refractivity contribution is 5.97. The first kappa shape index (κ1) is 16.2. The van der Waals surface area contributed by atoms with Crippen molar-refractivity contribution in [1.29, 1.82) is 0 Å². The van der Waals surface area contributed by atoms with Gasteiger partial charge in [0.05, 0.1) is 16.8 Å². The van der Waals surface area contributed by atoms with E-state index in [-0.39, 0.29) is 27.7 Å². The van der Waals surface area contributed by atoms with Crippen LogP contribution in [0.15, 0.2) is 42.6 Å². The van der Waals surface area contributed by atoms with Gasteiger partial charge in [-0.15, -0.1) is 0 Å². The molecule has 0 atom stereocenters. The average Bonchev–Trinajstić information content (AvgIpc) is 2.86. The number of fused-ring (bicyclic) bond motifs is 1. The van der Waals surface area contributed by atoms with Gasteiger partial charge < -0.3 is 10.7 Å². The van der Waals surface area contributed by atoms with Crippen LogP contribution in [0.1, 0.15) is 11.1 Å². The topological polar surface area (TPSA) is 41.8 Å². The van der Waals surface area contributed by atoms with Crippen LogP contribution in [-0.4, -0.2) is 4.98 Å². The molecule has 8 heteroatoms. The summed E-state index contributed by atoms with van der Waals surface area (Å²) in [7, 11) is 0. The zero-order valence-corrected chi connectivity index (χ0v) is 11.9. The molecule has 0 spiro atoms. The quantitative estimate of drug-likeness (QED) is 0.566. The van der Waals surface area contributed by atoms with E-state index in [9.17, 15) is 26.3 Å². The molecule has 3 rings (SSSR count). The molecule has 3 aromatic rings. The van der Waals surface area contributed by atoms with Gasteiger partial charge in [-0.2, -0.15) is 26.3 Å². The van der Waals surface area contributed by atoms with Gasteiger partial charge in [0.2, 0.25) is 0 Å². The minimum absolute atomic E-state index is 0.0451. The lowest BCUT2D eigenvalue weighted by atomic mass is 9.98. The van der Waals surface area contributed by atoms with Crippen molar-refractivity contribution in [2.75, 3.05) is 5.73 Å². The van der Waals surface area contributed by atoms with E-state index < -0.39 is 23.5 Å². The van der Waals surface area contributed by atoms with E-state index in [0.717, 1.165) is 30.3 Å². The maximum atomic E-state index is 13.3. The first-order chi connectivity index (χ1) is 11.1. The van der Waals surface area contributed by atoms with Gasteiger partial charge in [-0.3, -0.25) is 0 Å². The van der Waals surface area contributed by atoms with Gasteiger partial charge in [-0.05, 0) is 35.4 Å². The number of hydrogen-bond donors (Lipinski definition) is 2. The standard InChI is InChI=1S/C16H10F6N2/c17-15(18,19)10-3-1-8(2-4-10)9-5-11(16(20,21)22)14-12(23)7-24-13(14)6-9/h1-7,24H,23H2. The molecule has 0 aliphatic carbocycles. The normalized spacial score (nSPS) is 12.8. The number of alkyl halides is 6. The third kappa shape index (κ3) is 2.79. The molecule has 2 nitrogen and oxygen atoms in total. The Bertz CT molecular complexity index is 888. The Hall–Kier alpha value is -2.64. The predicted molar refractivity (Wildman–Crippen MR) is 78.2 cm³/mol. The molecule has 0 saturated carbocycles. The van der Waals surface area contributed by atoms with Crippen LogP contribution in [0.25, 0.3) is 22.0 Å². The predicted octanol–water partition coefficient (Wildman–Crippen LogP) is 5.45. The largest absolute Gasteiger partial charge is 0.417 e. The minimum atomic E-state index is -4.64. The first-order valence-electron chi connectivity index (χ1n) is 6.73. The number of nitrogen functional groups attached to an aromatic ring is 1. The summed E-state index contributed by atoms with van der Waals surface area (Å²) < 4.78 is 77.6. The summed E-state index contributed by atoms with van der Waals surface area (Å²) in [6, 6.07) is 6.23. The van der Waals surface area contributed by atoms with Gasteiger partial charge in [-0.1, -0.05) is 12.1 Å². The number of nitrogens with one attached hydrogen (secondary N) is 1. The number of hydrogen-bond acceptors (Lipinski definition) is 1. The zero-order valence-electron chi connectivity index (χ0n) is 11.9. The lowest BCUT2D eigenvalue weighted by Crippen LogP contribution is -2.07. The summed E-state index contributed by atoms with van der Waals surface area (Å²) in [5.41, 5.74) is 4.27. The summed E-state index contributed by atoms with van der Waals surface area (Å²) in [6.07, 6.45) is -7.90. The Balaban J connectivity index is 2.17. The summed E-state index contributed by atoms with van der Waals surface area (Å²) in [4.78, 5) is 2.64. The molecule has 0 unspecified atom stereocenters. The van der Waals surface area contributed by atoms with Crippen molar-refractivity contribution in [3.63, 3.8) is 0 Å². The first-order valence-corrected chi connectivity index (χ1v) is 6.73. The van der Waals surface area contributed by atoms with Crippen LogP contribution >= 0.6 is 0 Å². The van der Waals surface area contributed by atoms with Crippen LogP contribution in [0.4, 0.5) is 32.0 Å². The summed E-state index contributed by atoms with van der Waals surface area (Å²) in [6.45, 7) is 0. The van der Waals surface area contributed by atoms with Gasteiger partial charge in [0, 0.05) is 17.1 Å². The van der Waals surface area contributed by atoms with E-state index in [1.165, 1.54) is 12.3 Å². The molecule has 0 fully saturated rings. The second kappa shape index (κ2) is 5.19. The number of H-pyrrole nitrogens is 1. The van der Waals surface area contributed by atoms with Crippen molar-refractivity contribution in [1.82, 2.24) is 4.98 Å². The Kier molecular flexibility index (Phi) is 3.51. The molecule has 0 saturated heterocycles. The number of benzene rings is 2. The lowest BCUT2D eigenvalue weighted by molar-refractivity contribution is -0.137. The average molecular weight is 344 g/mol. The number of aromatic amines is 1. The minimum Gasteiger partial charge on any atom is -0.397 e. The highest BCUT2D eigenvalue weighted by Crippen LogP contribution is 2.40. The van der Waals surface area contributed by atoms with Gasteiger partial charge in [0.25, 0.3) is 0 Å².